The molecule has 0 aliphatic carbocycles. The van der Waals surface area contributed by atoms with Gasteiger partial charge in [0.2, 0.25) is 0 Å². The second kappa shape index (κ2) is 17.3. The van der Waals surface area contributed by atoms with Crippen molar-refractivity contribution in [1.82, 2.24) is 9.97 Å². The van der Waals surface area contributed by atoms with Crippen LogP contribution in [0.15, 0.2) is 54.9 Å². The number of aryl methyl sites for hydroxylation is 1. The van der Waals surface area contributed by atoms with Gasteiger partial charge in [0.05, 0.1) is 24.6 Å². The molecule has 5 nitrogen and oxygen atoms in total. The van der Waals surface area contributed by atoms with Crippen molar-refractivity contribution >= 4 is 5.97 Å². The number of carbonyl (C=O) groups excluding carboxylic acids is 1. The maximum Gasteiger partial charge on any atom is 0.346 e. The van der Waals surface area contributed by atoms with E-state index in [1.807, 2.05) is 12.1 Å². The van der Waals surface area contributed by atoms with Crippen molar-refractivity contribution in [1.29, 1.82) is 0 Å². The minimum absolute atomic E-state index is 0.159. The van der Waals surface area contributed by atoms with Gasteiger partial charge < -0.3 is 9.47 Å². The molecular weight excluding hydrogens is 491 g/mol. The number of carbonyl (C=O) groups is 1. The first-order valence-corrected chi connectivity index (χ1v) is 14.7. The molecule has 1 heterocycles. The van der Waals surface area contributed by atoms with Crippen molar-refractivity contribution in [3.05, 3.63) is 71.8 Å². The monoisotopic (exact) mass is 534 g/mol. The summed E-state index contributed by atoms with van der Waals surface area (Å²) in [7, 11) is 0. The number of hydrogen-bond acceptors (Lipinski definition) is 5. The van der Waals surface area contributed by atoms with E-state index in [0.29, 0.717) is 18.2 Å². The van der Waals surface area contributed by atoms with Gasteiger partial charge in [-0.1, -0.05) is 102 Å². The molecule has 0 aliphatic rings. The van der Waals surface area contributed by atoms with Gasteiger partial charge in [-0.05, 0) is 37.0 Å². The summed E-state index contributed by atoms with van der Waals surface area (Å²) in [6.07, 6.45) is 18.6. The highest BCUT2D eigenvalue weighted by Crippen LogP contribution is 2.21. The first-order valence-electron chi connectivity index (χ1n) is 14.7. The Hall–Kier alpha value is -3.28. The molecule has 0 bridgehead atoms. The summed E-state index contributed by atoms with van der Waals surface area (Å²) in [4.78, 5) is 21.2. The SMILES string of the molecule is CCCCCCCCOc1ccc(C(=O)Oc2cnc(-c3ccc(CCCCCCCC)cc3)nc2)c(F)c1. The van der Waals surface area contributed by atoms with Gasteiger partial charge in [-0.15, -0.1) is 0 Å². The highest BCUT2D eigenvalue weighted by atomic mass is 19.1. The number of unbranched alkanes of at least 4 members (excludes halogenated alkanes) is 10. The van der Waals surface area contributed by atoms with Crippen LogP contribution in [-0.4, -0.2) is 22.5 Å². The minimum Gasteiger partial charge on any atom is -0.493 e. The van der Waals surface area contributed by atoms with Gasteiger partial charge in [-0.25, -0.2) is 19.2 Å². The Morgan fingerprint density at radius 2 is 1.36 bits per heavy atom. The van der Waals surface area contributed by atoms with E-state index in [2.05, 4.69) is 35.9 Å². The standard InChI is InChI=1S/C33H43FN2O3/c1-3-5-7-9-11-13-15-26-16-18-27(19-17-26)32-35-24-29(25-36-32)39-33(37)30-21-20-28(23-31(30)34)38-22-14-12-10-8-6-4-2/h16-21,23-25H,3-15,22H2,1-2H3. The number of aromatic nitrogens is 2. The van der Waals surface area contributed by atoms with E-state index >= 15 is 0 Å². The van der Waals surface area contributed by atoms with E-state index in [1.165, 1.54) is 94.3 Å². The molecule has 6 heteroatoms. The predicted octanol–water partition coefficient (Wildman–Crippen LogP) is 9.14. The lowest BCUT2D eigenvalue weighted by molar-refractivity contribution is 0.0728. The van der Waals surface area contributed by atoms with Gasteiger partial charge in [-0.2, -0.15) is 0 Å². The summed E-state index contributed by atoms with van der Waals surface area (Å²) < 4.78 is 25.5. The van der Waals surface area contributed by atoms with E-state index in [1.54, 1.807) is 6.07 Å². The topological polar surface area (TPSA) is 61.3 Å². The molecular formula is C33H43FN2O3. The quantitative estimate of drug-likeness (QED) is 0.120. The molecule has 1 aromatic heterocycles. The number of benzene rings is 2. The lowest BCUT2D eigenvalue weighted by Gasteiger charge is -2.09. The molecule has 0 atom stereocenters. The fourth-order valence-electron chi connectivity index (χ4n) is 4.43. The summed E-state index contributed by atoms with van der Waals surface area (Å²) in [5, 5.41) is 0. The Morgan fingerprint density at radius 1 is 0.744 bits per heavy atom. The third-order valence-electron chi connectivity index (χ3n) is 6.80. The molecule has 0 aliphatic heterocycles. The van der Waals surface area contributed by atoms with Gasteiger partial charge in [0, 0.05) is 11.6 Å². The number of ether oxygens (including phenoxy) is 2. The van der Waals surface area contributed by atoms with Gasteiger partial charge >= 0.3 is 5.97 Å². The Labute approximate surface area is 233 Å². The smallest absolute Gasteiger partial charge is 0.346 e. The van der Waals surface area contributed by atoms with Gasteiger partial charge in [-0.3, -0.25) is 0 Å². The summed E-state index contributed by atoms with van der Waals surface area (Å²) in [6, 6.07) is 12.5. The number of nitrogens with zero attached hydrogens (tertiary/aromatic N) is 2. The van der Waals surface area contributed by atoms with Crippen LogP contribution in [0, 0.1) is 5.82 Å². The Balaban J connectivity index is 1.45. The highest BCUT2D eigenvalue weighted by Gasteiger charge is 2.16. The van der Waals surface area contributed by atoms with Crippen LogP contribution in [0.2, 0.25) is 0 Å². The lowest BCUT2D eigenvalue weighted by atomic mass is 10.0. The molecule has 0 spiro atoms. The number of esters is 1. The molecule has 39 heavy (non-hydrogen) atoms. The second-order valence-electron chi connectivity index (χ2n) is 10.1. The molecule has 0 N–H and O–H groups in total. The van der Waals surface area contributed by atoms with Crippen molar-refractivity contribution in [3.63, 3.8) is 0 Å². The molecule has 0 unspecified atom stereocenters. The van der Waals surface area contributed by atoms with Crippen LogP contribution in [0.25, 0.3) is 11.4 Å². The Morgan fingerprint density at radius 3 is 2.00 bits per heavy atom. The molecule has 0 amide bonds. The first kappa shape index (κ1) is 30.3. The van der Waals surface area contributed by atoms with E-state index in [9.17, 15) is 9.18 Å². The number of rotatable bonds is 18. The van der Waals surface area contributed by atoms with Crippen molar-refractivity contribution < 1.29 is 18.7 Å². The molecule has 0 fully saturated rings. The van der Waals surface area contributed by atoms with Crippen LogP contribution in [0.4, 0.5) is 4.39 Å². The molecule has 3 aromatic rings. The van der Waals surface area contributed by atoms with E-state index < -0.39 is 11.8 Å². The fourth-order valence-corrected chi connectivity index (χ4v) is 4.43. The van der Waals surface area contributed by atoms with E-state index in [-0.39, 0.29) is 11.3 Å². The van der Waals surface area contributed by atoms with Crippen LogP contribution >= 0.6 is 0 Å². The van der Waals surface area contributed by atoms with E-state index in [0.717, 1.165) is 24.8 Å². The molecule has 210 valence electrons. The largest absolute Gasteiger partial charge is 0.493 e. The average molecular weight is 535 g/mol. The van der Waals surface area contributed by atoms with Crippen LogP contribution in [0.5, 0.6) is 11.5 Å². The summed E-state index contributed by atoms with van der Waals surface area (Å²) in [5.74, 6) is -0.377. The van der Waals surface area contributed by atoms with Crippen molar-refractivity contribution in [2.24, 2.45) is 0 Å². The Kier molecular flexibility index (Phi) is 13.5. The minimum atomic E-state index is -0.801. The van der Waals surface area contributed by atoms with Gasteiger partial charge in [0.1, 0.15) is 11.6 Å². The molecule has 3 rings (SSSR count). The highest BCUT2D eigenvalue weighted by molar-refractivity contribution is 5.91. The first-order chi connectivity index (χ1) is 19.1. The van der Waals surface area contributed by atoms with Crippen molar-refractivity contribution in [2.45, 2.75) is 97.3 Å². The van der Waals surface area contributed by atoms with Gasteiger partial charge in [0.25, 0.3) is 0 Å². The molecule has 2 aromatic carbocycles. The normalized spacial score (nSPS) is 10.9. The van der Waals surface area contributed by atoms with Crippen molar-refractivity contribution in [2.75, 3.05) is 6.61 Å². The number of hydrogen-bond donors (Lipinski definition) is 0. The summed E-state index contributed by atoms with van der Waals surface area (Å²) >= 11 is 0. The van der Waals surface area contributed by atoms with Crippen LogP contribution in [0.3, 0.4) is 0 Å². The maximum atomic E-state index is 14.6. The Bertz CT molecular complexity index is 1120. The van der Waals surface area contributed by atoms with Crippen LogP contribution in [0.1, 0.15) is 107 Å². The zero-order chi connectivity index (χ0) is 27.7. The fraction of sp³-hybridized carbons (Fsp3) is 0.485. The third-order valence-corrected chi connectivity index (χ3v) is 6.80. The molecule has 0 saturated heterocycles. The lowest BCUT2D eigenvalue weighted by Crippen LogP contribution is -2.11. The second-order valence-corrected chi connectivity index (χ2v) is 10.1. The van der Waals surface area contributed by atoms with Crippen LogP contribution in [-0.2, 0) is 6.42 Å². The zero-order valence-electron chi connectivity index (χ0n) is 23.6. The molecule has 0 radical (unpaired) electrons. The number of halogens is 1. The third kappa shape index (κ3) is 10.8. The van der Waals surface area contributed by atoms with Gasteiger partial charge in [0.15, 0.2) is 11.6 Å². The molecule has 0 saturated carbocycles. The average Bonchev–Trinajstić information content (AvgIpc) is 2.95. The van der Waals surface area contributed by atoms with E-state index in [4.69, 9.17) is 9.47 Å². The predicted molar refractivity (Wildman–Crippen MR) is 155 cm³/mol. The zero-order valence-corrected chi connectivity index (χ0v) is 23.6. The van der Waals surface area contributed by atoms with Crippen molar-refractivity contribution in [3.8, 4) is 22.9 Å². The van der Waals surface area contributed by atoms with Crippen LogP contribution < -0.4 is 9.47 Å². The summed E-state index contributed by atoms with van der Waals surface area (Å²) in [6.45, 7) is 4.96. The maximum absolute atomic E-state index is 14.6. The summed E-state index contributed by atoms with van der Waals surface area (Å²) in [5.41, 5.74) is 2.04.